The Balaban J connectivity index is 1.89. The molecular weight excluding hydrogens is 216 g/mol. The van der Waals surface area contributed by atoms with Crippen molar-refractivity contribution in [1.29, 1.82) is 0 Å². The van der Waals surface area contributed by atoms with Gasteiger partial charge >= 0.3 is 0 Å². The topological polar surface area (TPSA) is 0 Å². The van der Waals surface area contributed by atoms with Crippen molar-refractivity contribution in [3.8, 4) is 0 Å². The lowest BCUT2D eigenvalue weighted by atomic mass is 9.76. The summed E-state index contributed by atoms with van der Waals surface area (Å²) in [5, 5.41) is 0. The lowest BCUT2D eigenvalue weighted by molar-refractivity contribution is 0.211. The van der Waals surface area contributed by atoms with E-state index in [1.54, 1.807) is 6.42 Å². The van der Waals surface area contributed by atoms with Gasteiger partial charge in [0.05, 0.1) is 0 Å². The largest absolute Gasteiger partial charge is 0.0651 e. The molecule has 2 aliphatic rings. The Morgan fingerprint density at radius 1 is 0.778 bits per heavy atom. The van der Waals surface area contributed by atoms with Crippen molar-refractivity contribution in [2.24, 2.45) is 29.6 Å². The maximum Gasteiger partial charge on any atom is -0.0383 e. The molecule has 0 aromatic carbocycles. The molecule has 2 saturated carbocycles. The molecule has 0 aromatic rings. The smallest absolute Gasteiger partial charge is 0.0383 e. The molecule has 0 radical (unpaired) electrons. The second kappa shape index (κ2) is 6.96. The van der Waals surface area contributed by atoms with Gasteiger partial charge in [-0.3, -0.25) is 0 Å². The van der Waals surface area contributed by atoms with Crippen LogP contribution in [0.1, 0.15) is 85.0 Å². The van der Waals surface area contributed by atoms with Gasteiger partial charge in [-0.15, -0.1) is 0 Å². The molecule has 18 heavy (non-hydrogen) atoms. The van der Waals surface area contributed by atoms with E-state index in [4.69, 9.17) is 0 Å². The normalized spacial score (nSPS) is 39.5. The minimum absolute atomic E-state index is 0.980. The van der Waals surface area contributed by atoms with Crippen molar-refractivity contribution >= 4 is 0 Å². The molecule has 0 N–H and O–H groups in total. The summed E-state index contributed by atoms with van der Waals surface area (Å²) in [6, 6.07) is 0. The average molecular weight is 250 g/mol. The Labute approximate surface area is 115 Å². The molecule has 2 fully saturated rings. The first-order valence-electron chi connectivity index (χ1n) is 8.70. The zero-order valence-corrected chi connectivity index (χ0v) is 13.0. The van der Waals surface area contributed by atoms with Gasteiger partial charge in [-0.05, 0) is 48.9 Å². The third kappa shape index (κ3) is 3.75. The second-order valence-corrected chi connectivity index (χ2v) is 7.44. The highest BCUT2D eigenvalue weighted by atomic mass is 14.4. The van der Waals surface area contributed by atoms with Gasteiger partial charge in [0.1, 0.15) is 0 Å². The van der Waals surface area contributed by atoms with Crippen LogP contribution in [-0.4, -0.2) is 0 Å². The fourth-order valence-corrected chi connectivity index (χ4v) is 4.69. The van der Waals surface area contributed by atoms with Crippen LogP contribution in [0.5, 0.6) is 0 Å². The van der Waals surface area contributed by atoms with Crippen molar-refractivity contribution in [3.05, 3.63) is 0 Å². The third-order valence-corrected chi connectivity index (χ3v) is 6.16. The lowest BCUT2D eigenvalue weighted by Gasteiger charge is -2.30. The van der Waals surface area contributed by atoms with Crippen LogP contribution in [0.4, 0.5) is 0 Å². The standard InChI is InChI=1S/C18H34/c1-4-17-11-10-14(2)18(12-15(17)3)13-16-8-6-5-7-9-16/h14-18H,4-13H2,1-3H3. The molecule has 0 bridgehead atoms. The number of hydrogen-bond acceptors (Lipinski definition) is 0. The van der Waals surface area contributed by atoms with Crippen molar-refractivity contribution in [3.63, 3.8) is 0 Å². The fourth-order valence-electron chi connectivity index (χ4n) is 4.69. The number of rotatable bonds is 3. The highest BCUT2D eigenvalue weighted by Crippen LogP contribution is 2.41. The summed E-state index contributed by atoms with van der Waals surface area (Å²) < 4.78 is 0. The van der Waals surface area contributed by atoms with Crippen LogP contribution in [0.2, 0.25) is 0 Å². The molecule has 106 valence electrons. The summed E-state index contributed by atoms with van der Waals surface area (Å²) >= 11 is 0. The van der Waals surface area contributed by atoms with Crippen LogP contribution in [0.3, 0.4) is 0 Å². The van der Waals surface area contributed by atoms with E-state index in [1.165, 1.54) is 57.8 Å². The molecule has 2 aliphatic carbocycles. The van der Waals surface area contributed by atoms with Crippen LogP contribution in [0.25, 0.3) is 0 Å². The monoisotopic (exact) mass is 250 g/mol. The molecule has 0 aliphatic heterocycles. The average Bonchev–Trinajstić information content (AvgIpc) is 2.51. The van der Waals surface area contributed by atoms with E-state index in [1.807, 2.05) is 0 Å². The summed E-state index contributed by atoms with van der Waals surface area (Å²) in [6.45, 7) is 7.46. The minimum atomic E-state index is 0.980. The van der Waals surface area contributed by atoms with Crippen molar-refractivity contribution in [2.75, 3.05) is 0 Å². The maximum atomic E-state index is 2.54. The summed E-state index contributed by atoms with van der Waals surface area (Å²) in [5.41, 5.74) is 0. The van der Waals surface area contributed by atoms with Gasteiger partial charge in [0.25, 0.3) is 0 Å². The Morgan fingerprint density at radius 2 is 1.50 bits per heavy atom. The molecule has 2 rings (SSSR count). The summed E-state index contributed by atoms with van der Waals surface area (Å²) in [4.78, 5) is 0. The van der Waals surface area contributed by atoms with Gasteiger partial charge in [-0.2, -0.15) is 0 Å². The van der Waals surface area contributed by atoms with Crippen LogP contribution >= 0.6 is 0 Å². The number of hydrogen-bond donors (Lipinski definition) is 0. The van der Waals surface area contributed by atoms with Crippen LogP contribution < -0.4 is 0 Å². The molecule has 4 atom stereocenters. The van der Waals surface area contributed by atoms with Gasteiger partial charge in [0.15, 0.2) is 0 Å². The van der Waals surface area contributed by atoms with E-state index in [9.17, 15) is 0 Å². The Hall–Kier alpha value is 0. The summed E-state index contributed by atoms with van der Waals surface area (Å²) in [5.74, 6) is 5.11. The minimum Gasteiger partial charge on any atom is -0.0651 e. The quantitative estimate of drug-likeness (QED) is 0.534. The van der Waals surface area contributed by atoms with Crippen molar-refractivity contribution in [1.82, 2.24) is 0 Å². The van der Waals surface area contributed by atoms with E-state index < -0.39 is 0 Å². The molecule has 0 nitrogen and oxygen atoms in total. The van der Waals surface area contributed by atoms with Gasteiger partial charge in [-0.25, -0.2) is 0 Å². The van der Waals surface area contributed by atoms with Gasteiger partial charge in [0, 0.05) is 0 Å². The van der Waals surface area contributed by atoms with Crippen molar-refractivity contribution in [2.45, 2.75) is 85.0 Å². The predicted molar refractivity (Wildman–Crippen MR) is 80.6 cm³/mol. The van der Waals surface area contributed by atoms with E-state index in [0.29, 0.717) is 0 Å². The zero-order valence-electron chi connectivity index (χ0n) is 13.0. The lowest BCUT2D eigenvalue weighted by Crippen LogP contribution is -2.19. The first kappa shape index (κ1) is 14.4. The van der Waals surface area contributed by atoms with E-state index in [-0.39, 0.29) is 0 Å². The van der Waals surface area contributed by atoms with Crippen LogP contribution in [-0.2, 0) is 0 Å². The van der Waals surface area contributed by atoms with E-state index in [2.05, 4.69) is 20.8 Å². The van der Waals surface area contributed by atoms with Crippen molar-refractivity contribution < 1.29 is 0 Å². The van der Waals surface area contributed by atoms with E-state index >= 15 is 0 Å². The maximum absolute atomic E-state index is 2.54. The Kier molecular flexibility index (Phi) is 5.57. The molecule has 0 aromatic heterocycles. The molecule has 0 amide bonds. The van der Waals surface area contributed by atoms with Crippen LogP contribution in [0, 0.1) is 29.6 Å². The van der Waals surface area contributed by atoms with E-state index in [0.717, 1.165) is 29.6 Å². The van der Waals surface area contributed by atoms with Gasteiger partial charge in [-0.1, -0.05) is 65.7 Å². The third-order valence-electron chi connectivity index (χ3n) is 6.16. The molecule has 0 heterocycles. The first-order chi connectivity index (χ1) is 8.70. The summed E-state index contributed by atoms with van der Waals surface area (Å²) in [6.07, 6.45) is 15.1. The highest BCUT2D eigenvalue weighted by molar-refractivity contribution is 4.81. The summed E-state index contributed by atoms with van der Waals surface area (Å²) in [7, 11) is 0. The fraction of sp³-hybridized carbons (Fsp3) is 1.00. The molecule has 0 heteroatoms. The highest BCUT2D eigenvalue weighted by Gasteiger charge is 2.30. The first-order valence-corrected chi connectivity index (χ1v) is 8.70. The van der Waals surface area contributed by atoms with Gasteiger partial charge in [0.2, 0.25) is 0 Å². The molecule has 0 saturated heterocycles. The predicted octanol–water partition coefficient (Wildman–Crippen LogP) is 6.06. The van der Waals surface area contributed by atoms with Crippen LogP contribution in [0.15, 0.2) is 0 Å². The molecule has 4 unspecified atom stereocenters. The molecule has 0 spiro atoms. The Bertz CT molecular complexity index is 226. The molecular formula is C18H34. The van der Waals surface area contributed by atoms with Gasteiger partial charge < -0.3 is 0 Å². The Morgan fingerprint density at radius 3 is 2.17 bits per heavy atom. The SMILES string of the molecule is CCC1CCC(C)C(CC2CCCCC2)CC1C. The second-order valence-electron chi connectivity index (χ2n) is 7.44. The zero-order chi connectivity index (χ0) is 13.0.